The first kappa shape index (κ1) is 24.4. The number of carbonyl (C=O) groups excluding carboxylic acids is 2. The van der Waals surface area contributed by atoms with Crippen LogP contribution in [0, 0.1) is 12.3 Å². The van der Waals surface area contributed by atoms with Gasteiger partial charge in [0.25, 0.3) is 5.91 Å². The lowest BCUT2D eigenvalue weighted by Gasteiger charge is -2.20. The number of nitrogens with zero attached hydrogens (tertiary/aromatic N) is 3. The fourth-order valence-electron chi connectivity index (χ4n) is 3.56. The Kier molecular flexibility index (Phi) is 6.86. The van der Waals surface area contributed by atoms with Crippen LogP contribution >= 0.6 is 11.6 Å². The van der Waals surface area contributed by atoms with Crippen molar-refractivity contribution in [2.75, 3.05) is 11.9 Å². The molecule has 2 amide bonds. The summed E-state index contributed by atoms with van der Waals surface area (Å²) in [5, 5.41) is 20.6. The molecule has 0 unspecified atom stereocenters. The van der Waals surface area contributed by atoms with Crippen LogP contribution in [0.1, 0.15) is 35.3 Å². The number of carbonyl (C=O) groups is 2. The smallest absolute Gasteiger partial charge is 0.257 e. The van der Waals surface area contributed by atoms with E-state index in [0.717, 1.165) is 22.2 Å². The standard InChI is InChI=1S/C26H26ClN5O3/c1-16-9-18(13-28-11-16)32-23-6-4-5-22(20(23)14-30-32)31-24(34)19-10-17(7-8-21(19)27)12-29-25(35)26(2,3)15-33/h4-11,13-14,33H,12,15H2,1-3H3,(H,29,35)(H,31,34). The van der Waals surface area contributed by atoms with Crippen molar-refractivity contribution in [1.29, 1.82) is 0 Å². The van der Waals surface area contributed by atoms with E-state index in [0.29, 0.717) is 16.3 Å². The molecule has 35 heavy (non-hydrogen) atoms. The molecule has 0 radical (unpaired) electrons. The minimum atomic E-state index is -0.899. The van der Waals surface area contributed by atoms with Gasteiger partial charge in [-0.25, -0.2) is 4.68 Å². The Morgan fingerprint density at radius 2 is 1.91 bits per heavy atom. The van der Waals surface area contributed by atoms with Crippen LogP contribution in [-0.4, -0.2) is 38.3 Å². The lowest BCUT2D eigenvalue weighted by Crippen LogP contribution is -2.38. The molecule has 8 nitrogen and oxygen atoms in total. The first-order valence-electron chi connectivity index (χ1n) is 11.1. The zero-order valence-electron chi connectivity index (χ0n) is 19.7. The number of pyridine rings is 1. The molecule has 2 aromatic carbocycles. The van der Waals surface area contributed by atoms with Crippen LogP contribution in [0.4, 0.5) is 5.69 Å². The molecule has 4 rings (SSSR count). The summed E-state index contributed by atoms with van der Waals surface area (Å²) in [5.41, 5.74) is 3.35. The van der Waals surface area contributed by atoms with Gasteiger partial charge in [-0.15, -0.1) is 0 Å². The van der Waals surface area contributed by atoms with E-state index in [1.54, 1.807) is 61.4 Å². The monoisotopic (exact) mass is 491 g/mol. The molecule has 3 N–H and O–H groups in total. The van der Waals surface area contributed by atoms with E-state index in [2.05, 4.69) is 20.7 Å². The SMILES string of the molecule is Cc1cncc(-n2ncc3c(NC(=O)c4cc(CNC(=O)C(C)(C)CO)ccc4Cl)cccc32)c1. The molecule has 0 aliphatic carbocycles. The molecule has 2 aromatic heterocycles. The molecule has 9 heteroatoms. The van der Waals surface area contributed by atoms with E-state index < -0.39 is 5.41 Å². The number of hydrogen-bond donors (Lipinski definition) is 3. The maximum atomic E-state index is 13.1. The number of aliphatic hydroxyl groups is 1. The predicted molar refractivity (Wildman–Crippen MR) is 136 cm³/mol. The average Bonchev–Trinajstić information content (AvgIpc) is 3.28. The van der Waals surface area contributed by atoms with Crippen LogP contribution in [0.25, 0.3) is 16.6 Å². The Labute approximate surface area is 207 Å². The third-order valence-electron chi connectivity index (χ3n) is 5.71. The van der Waals surface area contributed by atoms with Crippen LogP contribution in [0.15, 0.2) is 61.1 Å². The molecule has 0 spiro atoms. The highest BCUT2D eigenvalue weighted by atomic mass is 35.5. The lowest BCUT2D eigenvalue weighted by atomic mass is 9.93. The van der Waals surface area contributed by atoms with Gasteiger partial charge in [-0.05, 0) is 62.2 Å². The predicted octanol–water partition coefficient (Wildman–Crippen LogP) is 4.27. The van der Waals surface area contributed by atoms with Gasteiger partial charge in [0.1, 0.15) is 0 Å². The third-order valence-corrected chi connectivity index (χ3v) is 6.03. The number of halogens is 1. The van der Waals surface area contributed by atoms with Crippen LogP contribution in [0.3, 0.4) is 0 Å². The second-order valence-electron chi connectivity index (χ2n) is 9.01. The fraction of sp³-hybridized carbons (Fsp3) is 0.231. The topological polar surface area (TPSA) is 109 Å². The largest absolute Gasteiger partial charge is 0.395 e. The van der Waals surface area contributed by atoms with Gasteiger partial charge in [-0.1, -0.05) is 23.7 Å². The van der Waals surface area contributed by atoms with Crippen molar-refractivity contribution in [2.45, 2.75) is 27.3 Å². The number of aryl methyl sites for hydroxylation is 1. The molecular weight excluding hydrogens is 466 g/mol. The summed E-state index contributed by atoms with van der Waals surface area (Å²) in [6.07, 6.45) is 5.21. The molecule has 2 heterocycles. The van der Waals surface area contributed by atoms with Gasteiger partial charge < -0.3 is 15.7 Å². The number of hydrogen-bond acceptors (Lipinski definition) is 5. The molecular formula is C26H26ClN5O3. The van der Waals surface area contributed by atoms with Crippen LogP contribution in [0.5, 0.6) is 0 Å². The van der Waals surface area contributed by atoms with Gasteiger partial charge in [0.05, 0.1) is 51.9 Å². The van der Waals surface area contributed by atoms with E-state index in [1.165, 1.54) is 0 Å². The molecule has 0 atom stereocenters. The summed E-state index contributed by atoms with van der Waals surface area (Å²) in [4.78, 5) is 29.6. The second kappa shape index (κ2) is 9.85. The Bertz CT molecular complexity index is 1410. The van der Waals surface area contributed by atoms with Gasteiger partial charge >= 0.3 is 0 Å². The minimum absolute atomic E-state index is 0.201. The summed E-state index contributed by atoms with van der Waals surface area (Å²) in [6.45, 7) is 5.20. The van der Waals surface area contributed by atoms with Crippen molar-refractivity contribution in [2.24, 2.45) is 5.41 Å². The van der Waals surface area contributed by atoms with Crippen molar-refractivity contribution in [3.8, 4) is 5.69 Å². The number of rotatable bonds is 7. The maximum absolute atomic E-state index is 13.1. The first-order valence-corrected chi connectivity index (χ1v) is 11.4. The summed E-state index contributed by atoms with van der Waals surface area (Å²) >= 11 is 6.33. The lowest BCUT2D eigenvalue weighted by molar-refractivity contribution is -0.131. The molecule has 0 aliphatic rings. The van der Waals surface area contributed by atoms with Crippen LogP contribution in [-0.2, 0) is 11.3 Å². The molecule has 0 saturated heterocycles. The summed E-state index contributed by atoms with van der Waals surface area (Å²) < 4.78 is 1.77. The molecule has 0 saturated carbocycles. The van der Waals surface area contributed by atoms with Gasteiger partial charge in [0.2, 0.25) is 5.91 Å². The number of aromatic nitrogens is 3. The number of aliphatic hydroxyl groups excluding tert-OH is 1. The van der Waals surface area contributed by atoms with Crippen LogP contribution < -0.4 is 10.6 Å². The van der Waals surface area contributed by atoms with Gasteiger partial charge in [0.15, 0.2) is 0 Å². The second-order valence-corrected chi connectivity index (χ2v) is 9.42. The van der Waals surface area contributed by atoms with Gasteiger partial charge in [-0.2, -0.15) is 5.10 Å². The number of amides is 2. The molecule has 0 fully saturated rings. The van der Waals surface area contributed by atoms with E-state index in [1.807, 2.05) is 25.1 Å². The number of anilines is 1. The van der Waals surface area contributed by atoms with Crippen molar-refractivity contribution in [3.63, 3.8) is 0 Å². The Morgan fingerprint density at radius 1 is 1.11 bits per heavy atom. The van der Waals surface area contributed by atoms with E-state index in [4.69, 9.17) is 11.6 Å². The highest BCUT2D eigenvalue weighted by Gasteiger charge is 2.26. The molecule has 0 aliphatic heterocycles. The zero-order chi connectivity index (χ0) is 25.2. The normalized spacial score (nSPS) is 11.5. The number of benzene rings is 2. The van der Waals surface area contributed by atoms with Gasteiger partial charge in [0, 0.05) is 18.1 Å². The summed E-state index contributed by atoms with van der Waals surface area (Å²) in [5.74, 6) is -0.662. The summed E-state index contributed by atoms with van der Waals surface area (Å²) in [7, 11) is 0. The Morgan fingerprint density at radius 3 is 2.66 bits per heavy atom. The molecule has 0 bridgehead atoms. The van der Waals surface area contributed by atoms with E-state index >= 15 is 0 Å². The Balaban J connectivity index is 1.57. The maximum Gasteiger partial charge on any atom is 0.257 e. The van der Waals surface area contributed by atoms with Gasteiger partial charge in [-0.3, -0.25) is 14.6 Å². The van der Waals surface area contributed by atoms with Crippen molar-refractivity contribution in [3.05, 3.63) is 82.8 Å². The summed E-state index contributed by atoms with van der Waals surface area (Å²) in [6, 6.07) is 12.6. The zero-order valence-corrected chi connectivity index (χ0v) is 20.4. The quantitative estimate of drug-likeness (QED) is 0.357. The third kappa shape index (κ3) is 5.18. The minimum Gasteiger partial charge on any atom is -0.395 e. The van der Waals surface area contributed by atoms with E-state index in [-0.39, 0.29) is 30.5 Å². The Hall–Kier alpha value is -3.75. The van der Waals surface area contributed by atoms with Crippen molar-refractivity contribution >= 4 is 40.0 Å². The first-order chi connectivity index (χ1) is 16.7. The van der Waals surface area contributed by atoms with Crippen LogP contribution in [0.2, 0.25) is 5.02 Å². The van der Waals surface area contributed by atoms with Crippen molar-refractivity contribution in [1.82, 2.24) is 20.1 Å². The highest BCUT2D eigenvalue weighted by Crippen LogP contribution is 2.27. The number of nitrogens with one attached hydrogen (secondary N) is 2. The fourth-order valence-corrected chi connectivity index (χ4v) is 3.76. The van der Waals surface area contributed by atoms with Crippen molar-refractivity contribution < 1.29 is 14.7 Å². The number of fused-ring (bicyclic) bond motifs is 1. The highest BCUT2D eigenvalue weighted by molar-refractivity contribution is 6.34. The molecule has 180 valence electrons. The molecule has 4 aromatic rings. The average molecular weight is 492 g/mol. The van der Waals surface area contributed by atoms with E-state index in [9.17, 15) is 14.7 Å².